The van der Waals surface area contributed by atoms with Crippen LogP contribution in [0.2, 0.25) is 0 Å². The lowest BCUT2D eigenvalue weighted by Gasteiger charge is -2.32. The smallest absolute Gasteiger partial charge is 0.378 e. The SMILES string of the molecule is CN(C)CCCOC1CCN(C(=O)c2conc2C(F)(F)F)CC1. The van der Waals surface area contributed by atoms with Crippen LogP contribution in [0.15, 0.2) is 10.8 Å². The third-order valence-electron chi connectivity index (χ3n) is 3.90. The number of alkyl halides is 3. The number of piperidine rings is 1. The lowest BCUT2D eigenvalue weighted by atomic mass is 10.1. The normalized spacial score (nSPS) is 16.8. The first-order valence-electron chi connectivity index (χ1n) is 7.86. The van der Waals surface area contributed by atoms with Crippen LogP contribution < -0.4 is 0 Å². The number of halogens is 3. The summed E-state index contributed by atoms with van der Waals surface area (Å²) in [5, 5.41) is 2.91. The Morgan fingerprint density at radius 2 is 2.08 bits per heavy atom. The maximum atomic E-state index is 12.8. The molecule has 1 aliphatic heterocycles. The van der Waals surface area contributed by atoms with Crippen molar-refractivity contribution in [1.82, 2.24) is 15.0 Å². The molecule has 0 atom stereocenters. The van der Waals surface area contributed by atoms with Gasteiger partial charge in [-0.15, -0.1) is 0 Å². The van der Waals surface area contributed by atoms with Crippen molar-refractivity contribution in [3.63, 3.8) is 0 Å². The molecule has 24 heavy (non-hydrogen) atoms. The van der Waals surface area contributed by atoms with Crippen LogP contribution in [0.5, 0.6) is 0 Å². The number of carbonyl (C=O) groups is 1. The number of carbonyl (C=O) groups excluding carboxylic acids is 1. The van der Waals surface area contributed by atoms with Crippen LogP contribution in [0, 0.1) is 0 Å². The third kappa shape index (κ3) is 4.94. The van der Waals surface area contributed by atoms with Crippen LogP contribution >= 0.6 is 0 Å². The number of nitrogens with zero attached hydrogens (tertiary/aromatic N) is 3. The molecule has 2 rings (SSSR count). The molecule has 0 aliphatic carbocycles. The van der Waals surface area contributed by atoms with E-state index in [9.17, 15) is 18.0 Å². The van der Waals surface area contributed by atoms with Gasteiger partial charge in [0.2, 0.25) is 0 Å². The zero-order valence-electron chi connectivity index (χ0n) is 13.8. The second-order valence-electron chi connectivity index (χ2n) is 6.09. The van der Waals surface area contributed by atoms with Crippen molar-refractivity contribution < 1.29 is 27.2 Å². The van der Waals surface area contributed by atoms with E-state index < -0.39 is 23.3 Å². The van der Waals surface area contributed by atoms with E-state index in [0.717, 1.165) is 19.2 Å². The Hall–Kier alpha value is -1.61. The van der Waals surface area contributed by atoms with Gasteiger partial charge in [0.15, 0.2) is 5.69 Å². The molecule has 1 aliphatic rings. The number of hydrogen-bond donors (Lipinski definition) is 0. The lowest BCUT2D eigenvalue weighted by molar-refractivity contribution is -0.143. The Morgan fingerprint density at radius 1 is 1.42 bits per heavy atom. The van der Waals surface area contributed by atoms with E-state index in [1.54, 1.807) is 0 Å². The summed E-state index contributed by atoms with van der Waals surface area (Å²) >= 11 is 0. The average Bonchev–Trinajstić information content (AvgIpc) is 3.01. The molecule has 136 valence electrons. The van der Waals surface area contributed by atoms with Gasteiger partial charge in [-0.3, -0.25) is 4.79 Å². The minimum Gasteiger partial charge on any atom is -0.378 e. The topological polar surface area (TPSA) is 58.8 Å². The standard InChI is InChI=1S/C15H22F3N3O3/c1-20(2)6-3-9-23-11-4-7-21(8-5-11)14(22)12-10-24-19-13(12)15(16,17)18/h10-11H,3-9H2,1-2H3. The zero-order valence-corrected chi connectivity index (χ0v) is 13.8. The molecule has 0 radical (unpaired) electrons. The van der Waals surface area contributed by atoms with Crippen LogP contribution in [-0.2, 0) is 10.9 Å². The van der Waals surface area contributed by atoms with Gasteiger partial charge >= 0.3 is 6.18 Å². The molecule has 0 aromatic carbocycles. The molecular formula is C15H22F3N3O3. The summed E-state index contributed by atoms with van der Waals surface area (Å²) in [6.45, 7) is 2.30. The highest BCUT2D eigenvalue weighted by Crippen LogP contribution is 2.31. The molecule has 1 amide bonds. The minimum atomic E-state index is -4.70. The fraction of sp³-hybridized carbons (Fsp3) is 0.733. The van der Waals surface area contributed by atoms with E-state index in [0.29, 0.717) is 32.5 Å². The van der Waals surface area contributed by atoms with Crippen molar-refractivity contribution in [2.75, 3.05) is 40.3 Å². The molecule has 0 unspecified atom stereocenters. The Morgan fingerprint density at radius 3 is 2.67 bits per heavy atom. The second-order valence-corrected chi connectivity index (χ2v) is 6.09. The van der Waals surface area contributed by atoms with Crippen LogP contribution in [0.1, 0.15) is 35.3 Å². The highest BCUT2D eigenvalue weighted by atomic mass is 19.4. The number of amides is 1. The van der Waals surface area contributed by atoms with Crippen LogP contribution in [0.4, 0.5) is 13.2 Å². The van der Waals surface area contributed by atoms with Crippen LogP contribution in [0.25, 0.3) is 0 Å². The molecule has 1 aromatic rings. The summed E-state index contributed by atoms with van der Waals surface area (Å²) in [7, 11) is 3.98. The van der Waals surface area contributed by atoms with Crippen LogP contribution in [0.3, 0.4) is 0 Å². The molecule has 6 nitrogen and oxygen atoms in total. The molecule has 9 heteroatoms. The van der Waals surface area contributed by atoms with Gasteiger partial charge in [0.25, 0.3) is 5.91 Å². The molecular weight excluding hydrogens is 327 g/mol. The van der Waals surface area contributed by atoms with E-state index in [2.05, 4.69) is 14.6 Å². The minimum absolute atomic E-state index is 0.0424. The summed E-state index contributed by atoms with van der Waals surface area (Å²) in [5.41, 5.74) is -1.80. The molecule has 0 saturated carbocycles. The summed E-state index contributed by atoms with van der Waals surface area (Å²) in [4.78, 5) is 15.7. The number of rotatable bonds is 6. The molecule has 0 spiro atoms. The first-order valence-corrected chi connectivity index (χ1v) is 7.86. The Kier molecular flexibility index (Phi) is 6.22. The third-order valence-corrected chi connectivity index (χ3v) is 3.90. The monoisotopic (exact) mass is 349 g/mol. The molecule has 1 aromatic heterocycles. The number of hydrogen-bond acceptors (Lipinski definition) is 5. The van der Waals surface area contributed by atoms with Gasteiger partial charge in [0, 0.05) is 19.7 Å². The van der Waals surface area contributed by atoms with Crippen molar-refractivity contribution in [3.8, 4) is 0 Å². The van der Waals surface area contributed by atoms with Gasteiger partial charge in [-0.05, 0) is 39.9 Å². The van der Waals surface area contributed by atoms with Crippen molar-refractivity contribution in [3.05, 3.63) is 17.5 Å². The van der Waals surface area contributed by atoms with Gasteiger partial charge in [0.1, 0.15) is 11.8 Å². The van der Waals surface area contributed by atoms with Crippen LogP contribution in [-0.4, -0.2) is 67.3 Å². The fourth-order valence-corrected chi connectivity index (χ4v) is 2.62. The van der Waals surface area contributed by atoms with Gasteiger partial charge in [0.05, 0.1) is 6.10 Å². The molecule has 2 heterocycles. The second kappa shape index (κ2) is 7.98. The molecule has 1 saturated heterocycles. The maximum Gasteiger partial charge on any atom is 0.437 e. The summed E-state index contributed by atoms with van der Waals surface area (Å²) in [6, 6.07) is 0. The largest absolute Gasteiger partial charge is 0.437 e. The van der Waals surface area contributed by atoms with E-state index >= 15 is 0 Å². The van der Waals surface area contributed by atoms with Gasteiger partial charge < -0.3 is 19.1 Å². The van der Waals surface area contributed by atoms with Gasteiger partial charge in [-0.2, -0.15) is 13.2 Å². The first kappa shape index (κ1) is 18.7. The molecule has 1 fully saturated rings. The van der Waals surface area contributed by atoms with Gasteiger partial charge in [-0.25, -0.2) is 0 Å². The highest BCUT2D eigenvalue weighted by molar-refractivity contribution is 5.95. The van der Waals surface area contributed by atoms with E-state index in [1.807, 2.05) is 14.1 Å². The number of ether oxygens (including phenoxy) is 1. The summed E-state index contributed by atoms with van der Waals surface area (Å²) < 4.78 is 48.5. The van der Waals surface area contributed by atoms with Crippen molar-refractivity contribution >= 4 is 5.91 Å². The number of aromatic nitrogens is 1. The Bertz CT molecular complexity index is 538. The van der Waals surface area contributed by atoms with Crippen molar-refractivity contribution in [1.29, 1.82) is 0 Å². The Labute approximate surface area is 138 Å². The lowest BCUT2D eigenvalue weighted by Crippen LogP contribution is -2.41. The zero-order chi connectivity index (χ0) is 17.7. The summed E-state index contributed by atoms with van der Waals surface area (Å²) in [5.74, 6) is -0.699. The predicted molar refractivity (Wildman–Crippen MR) is 79.6 cm³/mol. The quantitative estimate of drug-likeness (QED) is 0.738. The fourth-order valence-electron chi connectivity index (χ4n) is 2.62. The van der Waals surface area contributed by atoms with Crippen molar-refractivity contribution in [2.24, 2.45) is 0 Å². The molecule has 0 bridgehead atoms. The Balaban J connectivity index is 1.82. The van der Waals surface area contributed by atoms with E-state index in [1.165, 1.54) is 4.90 Å². The summed E-state index contributed by atoms with van der Waals surface area (Å²) in [6.07, 6.45) is -1.76. The highest BCUT2D eigenvalue weighted by Gasteiger charge is 2.40. The van der Waals surface area contributed by atoms with E-state index in [4.69, 9.17) is 4.74 Å². The van der Waals surface area contributed by atoms with E-state index in [-0.39, 0.29) is 6.10 Å². The number of likely N-dealkylation sites (tertiary alicyclic amines) is 1. The average molecular weight is 349 g/mol. The first-order chi connectivity index (χ1) is 11.3. The van der Waals surface area contributed by atoms with Crippen molar-refractivity contribution in [2.45, 2.75) is 31.5 Å². The maximum absolute atomic E-state index is 12.8. The van der Waals surface area contributed by atoms with Gasteiger partial charge in [-0.1, -0.05) is 5.16 Å². The predicted octanol–water partition coefficient (Wildman–Crippen LogP) is 2.27. The molecule has 0 N–H and O–H groups in total.